The van der Waals surface area contributed by atoms with Gasteiger partial charge in [-0.3, -0.25) is 9.59 Å². The summed E-state index contributed by atoms with van der Waals surface area (Å²) in [7, 11) is 0. The zero-order valence-corrected chi connectivity index (χ0v) is 15.5. The molecule has 3 rings (SSSR count). The molecule has 5 nitrogen and oxygen atoms in total. The van der Waals surface area contributed by atoms with Crippen LogP contribution in [0, 0.1) is 26.7 Å². The summed E-state index contributed by atoms with van der Waals surface area (Å²) in [6.07, 6.45) is 3.44. The molecule has 2 N–H and O–H groups in total. The predicted octanol–water partition coefficient (Wildman–Crippen LogP) is 2.30. The molecule has 2 amide bonds. The van der Waals surface area contributed by atoms with Crippen molar-refractivity contribution in [2.75, 3.05) is 24.5 Å². The fraction of sp³-hybridized carbons (Fsp3) is 0.600. The summed E-state index contributed by atoms with van der Waals surface area (Å²) in [6, 6.07) is 4.33. The average molecular weight is 343 g/mol. The number of carbonyl (C=O) groups excluding carboxylic acids is 2. The third-order valence-corrected chi connectivity index (χ3v) is 5.56. The first kappa shape index (κ1) is 17.9. The van der Waals surface area contributed by atoms with Gasteiger partial charge in [0.25, 0.3) is 0 Å². The Hall–Kier alpha value is -1.88. The standard InChI is InChI=1S/C20H29N3O2/c1-13-8-14(2)19(15(3)9-13)23-12-16(10-18(23)24)20(25)22-7-5-4-6-17(22)11-21/h8-9,16-17H,4-7,10-12,21H2,1-3H3. The monoisotopic (exact) mass is 343 g/mol. The van der Waals surface area contributed by atoms with Gasteiger partial charge in [0.2, 0.25) is 11.8 Å². The third-order valence-electron chi connectivity index (χ3n) is 5.56. The van der Waals surface area contributed by atoms with E-state index in [9.17, 15) is 9.59 Å². The first-order valence-corrected chi connectivity index (χ1v) is 9.31. The van der Waals surface area contributed by atoms with Crippen LogP contribution < -0.4 is 10.6 Å². The minimum atomic E-state index is -0.250. The second-order valence-corrected chi connectivity index (χ2v) is 7.57. The number of likely N-dealkylation sites (tertiary alicyclic amines) is 1. The Labute approximate surface area is 150 Å². The number of carbonyl (C=O) groups is 2. The molecule has 0 saturated carbocycles. The van der Waals surface area contributed by atoms with Gasteiger partial charge in [-0.15, -0.1) is 0 Å². The quantitative estimate of drug-likeness (QED) is 0.916. The molecule has 2 unspecified atom stereocenters. The summed E-state index contributed by atoms with van der Waals surface area (Å²) >= 11 is 0. The highest BCUT2D eigenvalue weighted by Crippen LogP contribution is 2.33. The largest absolute Gasteiger partial charge is 0.338 e. The third kappa shape index (κ3) is 3.43. The van der Waals surface area contributed by atoms with E-state index in [0.29, 0.717) is 19.5 Å². The number of anilines is 1. The van der Waals surface area contributed by atoms with Crippen LogP contribution in [-0.4, -0.2) is 42.4 Å². The number of nitrogens with two attached hydrogens (primary N) is 1. The van der Waals surface area contributed by atoms with E-state index in [1.165, 1.54) is 5.56 Å². The van der Waals surface area contributed by atoms with E-state index in [1.807, 2.05) is 23.6 Å². The van der Waals surface area contributed by atoms with Crippen molar-refractivity contribution in [1.82, 2.24) is 4.90 Å². The van der Waals surface area contributed by atoms with Crippen molar-refractivity contribution in [3.63, 3.8) is 0 Å². The van der Waals surface area contributed by atoms with Crippen molar-refractivity contribution in [2.24, 2.45) is 11.7 Å². The van der Waals surface area contributed by atoms with Crippen LogP contribution in [0.2, 0.25) is 0 Å². The highest BCUT2D eigenvalue weighted by molar-refractivity contribution is 6.01. The molecule has 2 aliphatic heterocycles. The number of benzene rings is 1. The maximum Gasteiger partial charge on any atom is 0.228 e. The summed E-state index contributed by atoms with van der Waals surface area (Å²) in [6.45, 7) is 7.89. The van der Waals surface area contributed by atoms with Crippen molar-refractivity contribution in [1.29, 1.82) is 0 Å². The second-order valence-electron chi connectivity index (χ2n) is 7.57. The minimum Gasteiger partial charge on any atom is -0.338 e. The Morgan fingerprint density at radius 3 is 2.52 bits per heavy atom. The Morgan fingerprint density at radius 2 is 1.88 bits per heavy atom. The number of aryl methyl sites for hydroxylation is 3. The van der Waals surface area contributed by atoms with E-state index in [1.54, 1.807) is 0 Å². The Kier molecular flexibility index (Phi) is 5.13. The maximum absolute atomic E-state index is 13.0. The van der Waals surface area contributed by atoms with E-state index in [0.717, 1.165) is 42.6 Å². The molecule has 136 valence electrons. The van der Waals surface area contributed by atoms with E-state index in [-0.39, 0.29) is 23.8 Å². The minimum absolute atomic E-state index is 0.0507. The number of hydrogen-bond acceptors (Lipinski definition) is 3. The van der Waals surface area contributed by atoms with Crippen molar-refractivity contribution < 1.29 is 9.59 Å². The molecule has 25 heavy (non-hydrogen) atoms. The van der Waals surface area contributed by atoms with Gasteiger partial charge in [0.05, 0.1) is 5.92 Å². The van der Waals surface area contributed by atoms with Crippen LogP contribution in [0.1, 0.15) is 42.4 Å². The Balaban J connectivity index is 1.80. The molecule has 0 bridgehead atoms. The van der Waals surface area contributed by atoms with Crippen molar-refractivity contribution in [3.05, 3.63) is 28.8 Å². The van der Waals surface area contributed by atoms with E-state index in [2.05, 4.69) is 19.1 Å². The number of rotatable bonds is 3. The SMILES string of the molecule is Cc1cc(C)c(N2CC(C(=O)N3CCCCC3CN)CC2=O)c(C)c1. The molecular weight excluding hydrogens is 314 g/mol. The number of hydrogen-bond donors (Lipinski definition) is 1. The number of nitrogens with zero attached hydrogens (tertiary/aromatic N) is 2. The molecule has 2 atom stereocenters. The van der Waals surface area contributed by atoms with Crippen LogP contribution in [0.15, 0.2) is 12.1 Å². The van der Waals surface area contributed by atoms with Gasteiger partial charge in [-0.05, 0) is 51.2 Å². The lowest BCUT2D eigenvalue weighted by Crippen LogP contribution is -2.50. The van der Waals surface area contributed by atoms with Gasteiger partial charge in [0, 0.05) is 37.8 Å². The van der Waals surface area contributed by atoms with Gasteiger partial charge in [0.1, 0.15) is 0 Å². The average Bonchev–Trinajstić information content (AvgIpc) is 2.95. The molecule has 5 heteroatoms. The molecule has 0 aliphatic carbocycles. The number of piperidine rings is 1. The predicted molar refractivity (Wildman–Crippen MR) is 99.5 cm³/mol. The topological polar surface area (TPSA) is 66.6 Å². The van der Waals surface area contributed by atoms with Gasteiger partial charge < -0.3 is 15.5 Å². The Bertz CT molecular complexity index is 663. The smallest absolute Gasteiger partial charge is 0.228 e. The lowest BCUT2D eigenvalue weighted by Gasteiger charge is -2.36. The first-order valence-electron chi connectivity index (χ1n) is 9.31. The molecule has 2 saturated heterocycles. The van der Waals surface area contributed by atoms with Gasteiger partial charge in [-0.2, -0.15) is 0 Å². The highest BCUT2D eigenvalue weighted by atomic mass is 16.2. The van der Waals surface area contributed by atoms with Crippen molar-refractivity contribution in [2.45, 2.75) is 52.5 Å². The molecule has 0 spiro atoms. The summed E-state index contributed by atoms with van der Waals surface area (Å²) in [5.74, 6) is -0.0946. The van der Waals surface area contributed by atoms with Crippen molar-refractivity contribution >= 4 is 17.5 Å². The van der Waals surface area contributed by atoms with Crippen LogP contribution in [0.5, 0.6) is 0 Å². The lowest BCUT2D eigenvalue weighted by molar-refractivity contribution is -0.139. The van der Waals surface area contributed by atoms with Crippen LogP contribution in [-0.2, 0) is 9.59 Å². The molecule has 0 radical (unpaired) electrons. The summed E-state index contributed by atoms with van der Waals surface area (Å²) < 4.78 is 0. The van der Waals surface area contributed by atoms with Crippen LogP contribution in [0.25, 0.3) is 0 Å². The van der Waals surface area contributed by atoms with Crippen LogP contribution in [0.3, 0.4) is 0 Å². The molecule has 1 aromatic rings. The molecule has 2 aliphatic rings. The summed E-state index contributed by atoms with van der Waals surface area (Å²) in [5, 5.41) is 0. The normalized spacial score (nSPS) is 24.1. The lowest BCUT2D eigenvalue weighted by atomic mass is 9.98. The van der Waals surface area contributed by atoms with E-state index < -0.39 is 0 Å². The summed E-state index contributed by atoms with van der Waals surface area (Å²) in [5.41, 5.74) is 10.2. The zero-order chi connectivity index (χ0) is 18.1. The van der Waals surface area contributed by atoms with E-state index >= 15 is 0 Å². The van der Waals surface area contributed by atoms with E-state index in [4.69, 9.17) is 5.73 Å². The molecule has 0 aromatic heterocycles. The van der Waals surface area contributed by atoms with Crippen LogP contribution >= 0.6 is 0 Å². The maximum atomic E-state index is 13.0. The highest BCUT2D eigenvalue weighted by Gasteiger charge is 2.40. The fourth-order valence-electron chi connectivity index (χ4n) is 4.46. The first-order chi connectivity index (χ1) is 11.9. The summed E-state index contributed by atoms with van der Waals surface area (Å²) in [4.78, 5) is 29.4. The van der Waals surface area contributed by atoms with Gasteiger partial charge in [-0.25, -0.2) is 0 Å². The van der Waals surface area contributed by atoms with Gasteiger partial charge in [-0.1, -0.05) is 17.7 Å². The van der Waals surface area contributed by atoms with Gasteiger partial charge >= 0.3 is 0 Å². The molecule has 2 heterocycles. The van der Waals surface area contributed by atoms with Crippen molar-refractivity contribution in [3.8, 4) is 0 Å². The fourth-order valence-corrected chi connectivity index (χ4v) is 4.46. The van der Waals surface area contributed by atoms with Gasteiger partial charge in [0.15, 0.2) is 0 Å². The Morgan fingerprint density at radius 1 is 1.20 bits per heavy atom. The van der Waals surface area contributed by atoms with Crippen LogP contribution in [0.4, 0.5) is 5.69 Å². The molecular formula is C20H29N3O2. The molecule has 2 fully saturated rings. The number of amides is 2. The zero-order valence-electron chi connectivity index (χ0n) is 15.5. The molecule has 1 aromatic carbocycles. The second kappa shape index (κ2) is 7.16.